The maximum Gasteiger partial charge on any atom is 0.217 e. The fraction of sp³-hybridized carbons (Fsp3) is 0.188. The average molecular weight is 268 g/mol. The summed E-state index contributed by atoms with van der Waals surface area (Å²) in [4.78, 5) is 6.47. The molecule has 20 heavy (non-hydrogen) atoms. The van der Waals surface area contributed by atoms with Gasteiger partial charge in [0.2, 0.25) is 5.96 Å². The van der Waals surface area contributed by atoms with E-state index >= 15 is 0 Å². The third-order valence-electron chi connectivity index (χ3n) is 3.15. The van der Waals surface area contributed by atoms with Crippen molar-refractivity contribution >= 4 is 17.3 Å². The lowest BCUT2D eigenvalue weighted by Gasteiger charge is -2.22. The molecular weight excluding hydrogens is 248 g/mol. The van der Waals surface area contributed by atoms with Crippen molar-refractivity contribution in [1.29, 1.82) is 0 Å². The first kappa shape index (κ1) is 14.1. The van der Waals surface area contributed by atoms with Crippen molar-refractivity contribution < 1.29 is 0 Å². The molecule has 0 unspecified atom stereocenters. The minimum Gasteiger partial charge on any atom is -0.314 e. The number of nitrogens with zero attached hydrogens (tertiary/aromatic N) is 2. The summed E-state index contributed by atoms with van der Waals surface area (Å²) in [5.41, 5.74) is 7.02. The standard InChI is InChI=1S/C16H20N4/c1-12-9-10-15(13(2)11-12)20(3)16(19-17)18-14-7-5-4-6-8-14/h4-11H,17H2,1-3H3,(H,18,19). The van der Waals surface area contributed by atoms with Gasteiger partial charge in [0.05, 0.1) is 5.69 Å². The molecule has 0 aromatic heterocycles. The van der Waals surface area contributed by atoms with Crippen molar-refractivity contribution in [3.63, 3.8) is 0 Å². The fourth-order valence-corrected chi connectivity index (χ4v) is 2.12. The van der Waals surface area contributed by atoms with E-state index in [0.717, 1.165) is 11.4 Å². The third-order valence-corrected chi connectivity index (χ3v) is 3.15. The van der Waals surface area contributed by atoms with Gasteiger partial charge in [-0.1, -0.05) is 35.9 Å². The van der Waals surface area contributed by atoms with Crippen LogP contribution in [0.3, 0.4) is 0 Å². The van der Waals surface area contributed by atoms with Crippen LogP contribution in [0.2, 0.25) is 0 Å². The van der Waals surface area contributed by atoms with Gasteiger partial charge in [0, 0.05) is 12.7 Å². The largest absolute Gasteiger partial charge is 0.314 e. The number of aryl methyl sites for hydroxylation is 2. The van der Waals surface area contributed by atoms with Crippen LogP contribution in [0.25, 0.3) is 0 Å². The van der Waals surface area contributed by atoms with E-state index in [2.05, 4.69) is 42.5 Å². The van der Waals surface area contributed by atoms with Gasteiger partial charge in [-0.15, -0.1) is 0 Å². The van der Waals surface area contributed by atoms with Gasteiger partial charge >= 0.3 is 0 Å². The van der Waals surface area contributed by atoms with Crippen LogP contribution in [-0.2, 0) is 0 Å². The molecule has 0 spiro atoms. The molecule has 0 atom stereocenters. The van der Waals surface area contributed by atoms with Crippen LogP contribution in [0.1, 0.15) is 11.1 Å². The predicted octanol–water partition coefficient (Wildman–Crippen LogP) is 2.89. The molecule has 104 valence electrons. The number of guanidine groups is 1. The number of rotatable bonds is 2. The van der Waals surface area contributed by atoms with Crippen molar-refractivity contribution in [2.45, 2.75) is 13.8 Å². The van der Waals surface area contributed by atoms with Gasteiger partial charge in [0.15, 0.2) is 0 Å². The molecule has 4 heteroatoms. The molecule has 3 N–H and O–H groups in total. The number of nitrogens with one attached hydrogen (secondary N) is 1. The third kappa shape index (κ3) is 3.16. The second kappa shape index (κ2) is 6.21. The summed E-state index contributed by atoms with van der Waals surface area (Å²) in [5, 5.41) is 0. The monoisotopic (exact) mass is 268 g/mol. The highest BCUT2D eigenvalue weighted by Gasteiger charge is 2.10. The molecule has 0 amide bonds. The molecule has 4 nitrogen and oxygen atoms in total. The van der Waals surface area contributed by atoms with Crippen LogP contribution in [-0.4, -0.2) is 13.0 Å². The summed E-state index contributed by atoms with van der Waals surface area (Å²) in [5.74, 6) is 6.22. The van der Waals surface area contributed by atoms with Crippen LogP contribution < -0.4 is 16.2 Å². The van der Waals surface area contributed by atoms with Gasteiger partial charge in [-0.25, -0.2) is 10.8 Å². The molecule has 2 aromatic carbocycles. The fourth-order valence-electron chi connectivity index (χ4n) is 2.12. The summed E-state index contributed by atoms with van der Waals surface area (Å²) >= 11 is 0. The molecule has 0 aliphatic carbocycles. The molecular formula is C16H20N4. The Balaban J connectivity index is 2.34. The maximum atomic E-state index is 5.62. The molecule has 0 radical (unpaired) electrons. The lowest BCUT2D eigenvalue weighted by atomic mass is 10.1. The molecule has 0 fully saturated rings. The van der Waals surface area contributed by atoms with Gasteiger partial charge in [-0.3, -0.25) is 5.43 Å². The highest BCUT2D eigenvalue weighted by molar-refractivity contribution is 5.97. The summed E-state index contributed by atoms with van der Waals surface area (Å²) in [6.45, 7) is 4.16. The quantitative estimate of drug-likeness (QED) is 0.381. The summed E-state index contributed by atoms with van der Waals surface area (Å²) in [6.07, 6.45) is 0. The molecule has 0 heterocycles. The van der Waals surface area contributed by atoms with E-state index in [1.807, 2.05) is 42.3 Å². The molecule has 2 aromatic rings. The number of nitrogens with two attached hydrogens (primary N) is 1. The Hall–Kier alpha value is -2.33. The van der Waals surface area contributed by atoms with Gasteiger partial charge < -0.3 is 4.90 Å². The summed E-state index contributed by atoms with van der Waals surface area (Å²) < 4.78 is 0. The first-order valence-electron chi connectivity index (χ1n) is 6.53. The number of hydrogen-bond acceptors (Lipinski definition) is 2. The van der Waals surface area contributed by atoms with Gasteiger partial charge in [-0.05, 0) is 37.6 Å². The van der Waals surface area contributed by atoms with E-state index in [1.54, 1.807) is 0 Å². The van der Waals surface area contributed by atoms with Crippen LogP contribution in [0, 0.1) is 13.8 Å². The van der Waals surface area contributed by atoms with Crippen LogP contribution in [0.15, 0.2) is 53.5 Å². The topological polar surface area (TPSA) is 53.6 Å². The molecule has 0 bridgehead atoms. The van der Waals surface area contributed by atoms with Crippen LogP contribution >= 0.6 is 0 Å². The van der Waals surface area contributed by atoms with Gasteiger partial charge in [0.1, 0.15) is 0 Å². The number of hydrazine groups is 1. The van der Waals surface area contributed by atoms with Crippen LogP contribution in [0.5, 0.6) is 0 Å². The zero-order valence-corrected chi connectivity index (χ0v) is 12.1. The van der Waals surface area contributed by atoms with Crippen molar-refractivity contribution in [3.05, 3.63) is 59.7 Å². The summed E-state index contributed by atoms with van der Waals surface area (Å²) in [6, 6.07) is 16.0. The molecule has 0 aliphatic rings. The van der Waals surface area contributed by atoms with E-state index < -0.39 is 0 Å². The molecule has 0 saturated heterocycles. The van der Waals surface area contributed by atoms with E-state index in [9.17, 15) is 0 Å². The van der Waals surface area contributed by atoms with E-state index in [1.165, 1.54) is 11.1 Å². The van der Waals surface area contributed by atoms with Gasteiger partial charge in [0.25, 0.3) is 0 Å². The smallest absolute Gasteiger partial charge is 0.217 e. The Morgan fingerprint density at radius 2 is 1.80 bits per heavy atom. The maximum absolute atomic E-state index is 5.62. The molecule has 0 aliphatic heterocycles. The SMILES string of the molecule is Cc1ccc(N(C)C(=Nc2ccccc2)NN)c(C)c1. The number of aliphatic imine (C=N–C) groups is 1. The van der Waals surface area contributed by atoms with E-state index in [0.29, 0.717) is 5.96 Å². The highest BCUT2D eigenvalue weighted by Crippen LogP contribution is 2.21. The Kier molecular flexibility index (Phi) is 4.38. The Morgan fingerprint density at radius 3 is 2.40 bits per heavy atom. The number of hydrogen-bond donors (Lipinski definition) is 2. The van der Waals surface area contributed by atoms with Crippen molar-refractivity contribution in [1.82, 2.24) is 5.43 Å². The molecule has 0 saturated carbocycles. The second-order valence-electron chi connectivity index (χ2n) is 4.76. The highest BCUT2D eigenvalue weighted by atomic mass is 15.4. The molecule has 2 rings (SSSR count). The zero-order valence-electron chi connectivity index (χ0n) is 12.1. The van der Waals surface area contributed by atoms with E-state index in [-0.39, 0.29) is 0 Å². The predicted molar refractivity (Wildman–Crippen MR) is 85.2 cm³/mol. The number of anilines is 1. The average Bonchev–Trinajstić information content (AvgIpc) is 2.45. The van der Waals surface area contributed by atoms with E-state index in [4.69, 9.17) is 5.84 Å². The Bertz CT molecular complexity index is 605. The normalized spacial score (nSPS) is 11.3. The summed E-state index contributed by atoms with van der Waals surface area (Å²) in [7, 11) is 1.94. The first-order valence-corrected chi connectivity index (χ1v) is 6.53. The lowest BCUT2D eigenvalue weighted by molar-refractivity contribution is 0.975. The lowest BCUT2D eigenvalue weighted by Crippen LogP contribution is -2.43. The van der Waals surface area contributed by atoms with Gasteiger partial charge in [-0.2, -0.15) is 0 Å². The Morgan fingerprint density at radius 1 is 1.10 bits per heavy atom. The first-order chi connectivity index (χ1) is 9.61. The van der Waals surface area contributed by atoms with Crippen molar-refractivity contribution in [3.8, 4) is 0 Å². The van der Waals surface area contributed by atoms with Crippen LogP contribution in [0.4, 0.5) is 11.4 Å². The van der Waals surface area contributed by atoms with Crippen molar-refractivity contribution in [2.75, 3.05) is 11.9 Å². The number of benzene rings is 2. The minimum absolute atomic E-state index is 0.600. The Labute approximate surface area is 119 Å². The second-order valence-corrected chi connectivity index (χ2v) is 4.76. The number of para-hydroxylation sites is 1. The zero-order chi connectivity index (χ0) is 14.5. The minimum atomic E-state index is 0.600. The van der Waals surface area contributed by atoms with Crippen molar-refractivity contribution in [2.24, 2.45) is 10.8 Å².